The average molecular weight is 287 g/mol. The molecule has 7 heteroatoms. The van der Waals surface area contributed by atoms with Gasteiger partial charge >= 0.3 is 6.09 Å². The number of benzene rings is 1. The van der Waals surface area contributed by atoms with Gasteiger partial charge in [0.2, 0.25) is 0 Å². The van der Waals surface area contributed by atoms with Crippen molar-refractivity contribution in [2.75, 3.05) is 18.0 Å². The van der Waals surface area contributed by atoms with Crippen LogP contribution in [-0.4, -0.2) is 36.4 Å². The number of ether oxygens (including phenoxy) is 1. The van der Waals surface area contributed by atoms with E-state index in [1.807, 2.05) is 0 Å². The van der Waals surface area contributed by atoms with E-state index in [9.17, 15) is 4.79 Å². The van der Waals surface area contributed by atoms with Gasteiger partial charge in [-0.3, -0.25) is 9.69 Å². The van der Waals surface area contributed by atoms with E-state index >= 15 is 0 Å². The van der Waals surface area contributed by atoms with Crippen molar-refractivity contribution in [3.8, 4) is 0 Å². The molecule has 1 aromatic rings. The Balaban J connectivity index is 0.000000399. The second-order valence-electron chi connectivity index (χ2n) is 3.85. The number of carboxylic acid groups (broad SMARTS) is 1. The highest BCUT2D eigenvalue weighted by molar-refractivity contribution is 6.30. The van der Waals surface area contributed by atoms with Crippen molar-refractivity contribution in [1.29, 1.82) is 0 Å². The van der Waals surface area contributed by atoms with Crippen molar-refractivity contribution >= 4 is 29.4 Å². The Kier molecular flexibility index (Phi) is 5.59. The molecular formula is C12H15ClN2O4. The number of hydrogen-bond acceptors (Lipinski definition) is 4. The second kappa shape index (κ2) is 6.96. The summed E-state index contributed by atoms with van der Waals surface area (Å²) in [6.45, 7) is 1.92. The quantitative estimate of drug-likeness (QED) is 0.863. The molecule has 0 radical (unpaired) electrons. The molecule has 1 amide bonds. The first kappa shape index (κ1) is 15.3. The van der Waals surface area contributed by atoms with Crippen LogP contribution in [0.1, 0.15) is 6.92 Å². The van der Waals surface area contributed by atoms with E-state index in [2.05, 4.69) is 0 Å². The number of carbonyl (C=O) groups is 2. The zero-order valence-electron chi connectivity index (χ0n) is 10.4. The highest BCUT2D eigenvalue weighted by atomic mass is 35.5. The number of nitrogens with zero attached hydrogens (tertiary/aromatic N) is 1. The van der Waals surface area contributed by atoms with Crippen LogP contribution in [0.25, 0.3) is 0 Å². The summed E-state index contributed by atoms with van der Waals surface area (Å²) in [4.78, 5) is 22.0. The molecule has 19 heavy (non-hydrogen) atoms. The molecule has 1 aromatic carbocycles. The molecule has 3 N–H and O–H groups in total. The Labute approximate surface area is 115 Å². The number of rotatable bonds is 2. The number of nitrogens with two attached hydrogens (primary N) is 1. The van der Waals surface area contributed by atoms with Gasteiger partial charge in [-0.05, 0) is 24.3 Å². The van der Waals surface area contributed by atoms with Crippen molar-refractivity contribution in [2.24, 2.45) is 5.73 Å². The van der Waals surface area contributed by atoms with E-state index in [-0.39, 0.29) is 12.2 Å². The van der Waals surface area contributed by atoms with E-state index in [1.54, 1.807) is 29.2 Å². The predicted octanol–water partition coefficient (Wildman–Crippen LogP) is 1.71. The fraction of sp³-hybridized carbons (Fsp3) is 0.333. The summed E-state index contributed by atoms with van der Waals surface area (Å²) in [5.41, 5.74) is 6.21. The summed E-state index contributed by atoms with van der Waals surface area (Å²) in [5.74, 6) is -0.833. The molecule has 1 fully saturated rings. The van der Waals surface area contributed by atoms with Gasteiger partial charge in [-0.25, -0.2) is 4.79 Å². The molecule has 0 bridgehead atoms. The maximum Gasteiger partial charge on any atom is 0.414 e. The number of carbonyl (C=O) groups excluding carboxylic acids is 1. The lowest BCUT2D eigenvalue weighted by Gasteiger charge is -2.12. The molecule has 0 aliphatic carbocycles. The monoisotopic (exact) mass is 286 g/mol. The molecule has 1 unspecified atom stereocenters. The van der Waals surface area contributed by atoms with E-state index < -0.39 is 5.97 Å². The van der Waals surface area contributed by atoms with Gasteiger partial charge in [0.25, 0.3) is 5.97 Å². The number of hydrogen-bond donors (Lipinski definition) is 2. The number of aliphatic carboxylic acids is 1. The molecule has 2 rings (SSSR count). The normalized spacial score (nSPS) is 17.5. The van der Waals surface area contributed by atoms with Crippen LogP contribution in [0.4, 0.5) is 10.5 Å². The van der Waals surface area contributed by atoms with E-state index in [0.29, 0.717) is 18.1 Å². The zero-order valence-corrected chi connectivity index (χ0v) is 11.1. The molecule has 1 heterocycles. The fourth-order valence-corrected chi connectivity index (χ4v) is 1.60. The SMILES string of the molecule is CC(=O)O.NCC1CN(c2ccc(Cl)cc2)C(=O)O1. The third kappa shape index (κ3) is 4.76. The summed E-state index contributed by atoms with van der Waals surface area (Å²) in [6.07, 6.45) is -0.569. The minimum absolute atomic E-state index is 0.215. The number of halogens is 1. The van der Waals surface area contributed by atoms with Gasteiger partial charge in [-0.1, -0.05) is 11.6 Å². The van der Waals surface area contributed by atoms with Gasteiger partial charge in [-0.15, -0.1) is 0 Å². The second-order valence-corrected chi connectivity index (χ2v) is 4.28. The molecule has 0 spiro atoms. The smallest absolute Gasteiger partial charge is 0.414 e. The van der Waals surface area contributed by atoms with Gasteiger partial charge in [0.05, 0.1) is 6.54 Å². The first-order valence-corrected chi connectivity index (χ1v) is 5.95. The Morgan fingerprint density at radius 2 is 2.05 bits per heavy atom. The topological polar surface area (TPSA) is 92.9 Å². The van der Waals surface area contributed by atoms with Crippen molar-refractivity contribution in [1.82, 2.24) is 0 Å². The molecule has 1 atom stereocenters. The Morgan fingerprint density at radius 3 is 2.47 bits per heavy atom. The molecule has 0 saturated carbocycles. The van der Waals surface area contributed by atoms with E-state index in [4.69, 9.17) is 32.0 Å². The molecule has 104 valence electrons. The van der Waals surface area contributed by atoms with Gasteiger partial charge in [-0.2, -0.15) is 0 Å². The van der Waals surface area contributed by atoms with Crippen LogP contribution in [0.2, 0.25) is 5.02 Å². The highest BCUT2D eigenvalue weighted by Gasteiger charge is 2.31. The predicted molar refractivity (Wildman–Crippen MR) is 71.4 cm³/mol. The number of anilines is 1. The van der Waals surface area contributed by atoms with Gasteiger partial charge in [0.1, 0.15) is 6.10 Å². The van der Waals surface area contributed by atoms with Crippen LogP contribution >= 0.6 is 11.6 Å². The fourth-order valence-electron chi connectivity index (χ4n) is 1.48. The molecular weight excluding hydrogens is 272 g/mol. The van der Waals surface area contributed by atoms with Crippen LogP contribution < -0.4 is 10.6 Å². The largest absolute Gasteiger partial charge is 0.481 e. The number of cyclic esters (lactones) is 1. The lowest BCUT2D eigenvalue weighted by molar-refractivity contribution is -0.134. The minimum atomic E-state index is -0.833. The Bertz CT molecular complexity index is 446. The van der Waals surface area contributed by atoms with Crippen LogP contribution in [0.3, 0.4) is 0 Å². The molecule has 1 aliphatic rings. The average Bonchev–Trinajstić information content (AvgIpc) is 2.71. The maximum absolute atomic E-state index is 11.4. The van der Waals surface area contributed by atoms with Crippen molar-refractivity contribution in [3.05, 3.63) is 29.3 Å². The zero-order chi connectivity index (χ0) is 14.4. The van der Waals surface area contributed by atoms with Crippen molar-refractivity contribution in [2.45, 2.75) is 13.0 Å². The summed E-state index contributed by atoms with van der Waals surface area (Å²) in [6, 6.07) is 7.03. The molecule has 1 aliphatic heterocycles. The number of amides is 1. The standard InChI is InChI=1S/C10H11ClN2O2.C2H4O2/c11-7-1-3-8(4-2-7)13-6-9(5-12)15-10(13)14;1-2(3)4/h1-4,9H,5-6,12H2;1H3,(H,3,4). The van der Waals surface area contributed by atoms with Gasteiger partial charge in [0.15, 0.2) is 0 Å². The first-order valence-electron chi connectivity index (χ1n) is 5.57. The van der Waals surface area contributed by atoms with Gasteiger partial charge in [0, 0.05) is 24.2 Å². The van der Waals surface area contributed by atoms with Crippen LogP contribution in [0, 0.1) is 0 Å². The van der Waals surface area contributed by atoms with E-state index in [1.165, 1.54) is 0 Å². The maximum atomic E-state index is 11.4. The lowest BCUT2D eigenvalue weighted by Crippen LogP contribution is -2.27. The molecule has 1 saturated heterocycles. The highest BCUT2D eigenvalue weighted by Crippen LogP contribution is 2.22. The molecule has 0 aromatic heterocycles. The summed E-state index contributed by atoms with van der Waals surface area (Å²) in [7, 11) is 0. The van der Waals surface area contributed by atoms with Crippen molar-refractivity contribution < 1.29 is 19.4 Å². The van der Waals surface area contributed by atoms with Crippen LogP contribution in [-0.2, 0) is 9.53 Å². The number of carboxylic acids is 1. The first-order chi connectivity index (χ1) is 8.93. The van der Waals surface area contributed by atoms with E-state index in [0.717, 1.165) is 12.6 Å². The van der Waals surface area contributed by atoms with Crippen LogP contribution in [0.5, 0.6) is 0 Å². The minimum Gasteiger partial charge on any atom is -0.481 e. The lowest BCUT2D eigenvalue weighted by atomic mass is 10.3. The third-order valence-corrected chi connectivity index (χ3v) is 2.53. The summed E-state index contributed by atoms with van der Waals surface area (Å²) < 4.78 is 5.04. The third-order valence-electron chi connectivity index (χ3n) is 2.28. The molecule has 6 nitrogen and oxygen atoms in total. The Morgan fingerprint density at radius 1 is 1.53 bits per heavy atom. The summed E-state index contributed by atoms with van der Waals surface area (Å²) in [5, 5.41) is 8.06. The van der Waals surface area contributed by atoms with Crippen molar-refractivity contribution in [3.63, 3.8) is 0 Å². The Hall–Kier alpha value is -1.79. The van der Waals surface area contributed by atoms with Crippen LogP contribution in [0.15, 0.2) is 24.3 Å². The van der Waals surface area contributed by atoms with Gasteiger partial charge < -0.3 is 15.6 Å². The summed E-state index contributed by atoms with van der Waals surface area (Å²) >= 11 is 5.76.